The van der Waals surface area contributed by atoms with Gasteiger partial charge in [0.1, 0.15) is 6.04 Å². The number of benzene rings is 1. The van der Waals surface area contributed by atoms with Crippen molar-refractivity contribution in [1.82, 2.24) is 20.4 Å². The third-order valence-electron chi connectivity index (χ3n) is 5.71. The zero-order chi connectivity index (χ0) is 20.4. The highest BCUT2D eigenvalue weighted by atomic mass is 16.7. The summed E-state index contributed by atoms with van der Waals surface area (Å²) in [5.74, 6) is 0.623. The summed E-state index contributed by atoms with van der Waals surface area (Å²) in [5, 5.41) is 5.53. The number of carbonyl (C=O) groups is 3. The molecular formula is C20H26N4O5. The van der Waals surface area contributed by atoms with Gasteiger partial charge in [-0.05, 0) is 43.6 Å². The number of fused-ring (bicyclic) bond motifs is 1. The van der Waals surface area contributed by atoms with Crippen LogP contribution in [-0.4, -0.2) is 66.2 Å². The summed E-state index contributed by atoms with van der Waals surface area (Å²) >= 11 is 0. The van der Waals surface area contributed by atoms with Gasteiger partial charge in [-0.15, -0.1) is 0 Å². The largest absolute Gasteiger partial charge is 0.454 e. The summed E-state index contributed by atoms with van der Waals surface area (Å²) in [6.45, 7) is 4.99. The summed E-state index contributed by atoms with van der Waals surface area (Å²) in [4.78, 5) is 40.7. The SMILES string of the molecule is CCN1CCCC1CNC(=O)CC1NC(=O)N(Cc2ccc3c(c2)OCO3)C1=O. The monoisotopic (exact) mass is 402 g/mol. The van der Waals surface area contributed by atoms with Gasteiger partial charge < -0.3 is 20.1 Å². The van der Waals surface area contributed by atoms with E-state index in [9.17, 15) is 14.4 Å². The topological polar surface area (TPSA) is 100 Å². The van der Waals surface area contributed by atoms with Crippen LogP contribution in [0.1, 0.15) is 31.7 Å². The molecule has 2 unspecified atom stereocenters. The molecule has 2 atom stereocenters. The van der Waals surface area contributed by atoms with Crippen molar-refractivity contribution < 1.29 is 23.9 Å². The van der Waals surface area contributed by atoms with Crippen LogP contribution >= 0.6 is 0 Å². The maximum atomic E-state index is 12.6. The van der Waals surface area contributed by atoms with Gasteiger partial charge in [0.15, 0.2) is 11.5 Å². The second-order valence-electron chi connectivity index (χ2n) is 7.55. The van der Waals surface area contributed by atoms with Crippen LogP contribution in [0.15, 0.2) is 18.2 Å². The number of rotatable bonds is 7. The normalized spacial score (nSPS) is 23.6. The van der Waals surface area contributed by atoms with Crippen LogP contribution in [0.5, 0.6) is 11.5 Å². The van der Waals surface area contributed by atoms with Gasteiger partial charge in [0.25, 0.3) is 5.91 Å². The molecular weight excluding hydrogens is 376 g/mol. The number of imide groups is 1. The van der Waals surface area contributed by atoms with Gasteiger partial charge in [0.05, 0.1) is 13.0 Å². The molecule has 0 spiro atoms. The van der Waals surface area contributed by atoms with Crippen molar-refractivity contribution in [1.29, 1.82) is 0 Å². The molecule has 0 aliphatic carbocycles. The van der Waals surface area contributed by atoms with Crippen molar-refractivity contribution in [3.05, 3.63) is 23.8 Å². The Morgan fingerprint density at radius 3 is 2.93 bits per heavy atom. The first-order chi connectivity index (χ1) is 14.0. The molecule has 0 bridgehead atoms. The van der Waals surface area contributed by atoms with Crippen molar-refractivity contribution in [2.24, 2.45) is 0 Å². The van der Waals surface area contributed by atoms with Gasteiger partial charge in [-0.2, -0.15) is 0 Å². The number of amides is 4. The van der Waals surface area contributed by atoms with E-state index in [1.165, 1.54) is 0 Å². The summed E-state index contributed by atoms with van der Waals surface area (Å²) in [7, 11) is 0. The number of hydrogen-bond donors (Lipinski definition) is 2. The van der Waals surface area contributed by atoms with E-state index in [-0.39, 0.29) is 31.6 Å². The number of likely N-dealkylation sites (N-methyl/N-ethyl adjacent to an activating group) is 1. The minimum atomic E-state index is -0.831. The van der Waals surface area contributed by atoms with Crippen LogP contribution in [-0.2, 0) is 16.1 Å². The highest BCUT2D eigenvalue weighted by molar-refractivity contribution is 6.05. The summed E-state index contributed by atoms with van der Waals surface area (Å²) in [6, 6.07) is 4.32. The van der Waals surface area contributed by atoms with Gasteiger partial charge in [-0.25, -0.2) is 4.79 Å². The molecule has 29 heavy (non-hydrogen) atoms. The fourth-order valence-corrected chi connectivity index (χ4v) is 4.12. The first-order valence-corrected chi connectivity index (χ1v) is 10.1. The average Bonchev–Trinajstić information content (AvgIpc) is 3.42. The lowest BCUT2D eigenvalue weighted by molar-refractivity contribution is -0.131. The van der Waals surface area contributed by atoms with E-state index in [4.69, 9.17) is 9.47 Å². The lowest BCUT2D eigenvalue weighted by Gasteiger charge is -2.23. The molecule has 9 heteroatoms. The average molecular weight is 402 g/mol. The third-order valence-corrected chi connectivity index (χ3v) is 5.71. The Hall–Kier alpha value is -2.81. The molecule has 3 heterocycles. The van der Waals surface area contributed by atoms with E-state index in [0.29, 0.717) is 24.1 Å². The van der Waals surface area contributed by atoms with E-state index in [2.05, 4.69) is 22.5 Å². The van der Waals surface area contributed by atoms with Crippen LogP contribution in [0.3, 0.4) is 0 Å². The van der Waals surface area contributed by atoms with Crippen LogP contribution in [0.2, 0.25) is 0 Å². The Bertz CT molecular complexity index is 814. The smallest absolute Gasteiger partial charge is 0.325 e. The van der Waals surface area contributed by atoms with Crippen molar-refractivity contribution in [2.45, 2.75) is 44.8 Å². The van der Waals surface area contributed by atoms with E-state index in [1.807, 2.05) is 0 Å². The molecule has 3 aliphatic rings. The minimum Gasteiger partial charge on any atom is -0.454 e. The highest BCUT2D eigenvalue weighted by Gasteiger charge is 2.39. The number of hydrogen-bond acceptors (Lipinski definition) is 6. The number of carbonyl (C=O) groups excluding carboxylic acids is 3. The van der Waals surface area contributed by atoms with Crippen LogP contribution in [0.4, 0.5) is 4.79 Å². The predicted molar refractivity (Wildman–Crippen MR) is 103 cm³/mol. The fourth-order valence-electron chi connectivity index (χ4n) is 4.12. The minimum absolute atomic E-state index is 0.0545. The predicted octanol–water partition coefficient (Wildman–Crippen LogP) is 0.826. The Kier molecular flexibility index (Phi) is 5.57. The second-order valence-corrected chi connectivity index (χ2v) is 7.55. The molecule has 1 aromatic rings. The van der Waals surface area contributed by atoms with Crippen molar-refractivity contribution >= 4 is 17.8 Å². The number of likely N-dealkylation sites (tertiary alicyclic amines) is 1. The molecule has 2 N–H and O–H groups in total. The Morgan fingerprint density at radius 2 is 2.10 bits per heavy atom. The van der Waals surface area contributed by atoms with Crippen LogP contribution in [0.25, 0.3) is 0 Å². The molecule has 0 aromatic heterocycles. The van der Waals surface area contributed by atoms with E-state index >= 15 is 0 Å². The quantitative estimate of drug-likeness (QED) is 0.656. The van der Waals surface area contributed by atoms with Crippen LogP contribution < -0.4 is 20.1 Å². The molecule has 3 aliphatic heterocycles. The molecule has 2 saturated heterocycles. The standard InChI is InChI=1S/C20H26N4O5/c1-2-23-7-3-4-14(23)10-21-18(25)9-15-19(26)24(20(27)22-15)11-13-5-6-16-17(8-13)29-12-28-16/h5-6,8,14-15H,2-4,7,9-12H2,1H3,(H,21,25)(H,22,27). The van der Waals surface area contributed by atoms with Crippen molar-refractivity contribution in [2.75, 3.05) is 26.4 Å². The number of nitrogens with zero attached hydrogens (tertiary/aromatic N) is 2. The van der Waals surface area contributed by atoms with Gasteiger partial charge in [0.2, 0.25) is 12.7 Å². The van der Waals surface area contributed by atoms with Crippen LogP contribution in [0, 0.1) is 0 Å². The molecule has 1 aromatic carbocycles. The van der Waals surface area contributed by atoms with E-state index < -0.39 is 12.1 Å². The zero-order valence-corrected chi connectivity index (χ0v) is 16.5. The summed E-state index contributed by atoms with van der Waals surface area (Å²) in [6.07, 6.45) is 2.15. The van der Waals surface area contributed by atoms with Gasteiger partial charge in [-0.1, -0.05) is 13.0 Å². The first-order valence-electron chi connectivity index (χ1n) is 10.1. The maximum absolute atomic E-state index is 12.6. The second kappa shape index (κ2) is 8.28. The zero-order valence-electron chi connectivity index (χ0n) is 16.5. The third kappa shape index (κ3) is 4.14. The fraction of sp³-hybridized carbons (Fsp3) is 0.550. The molecule has 2 fully saturated rings. The lowest BCUT2D eigenvalue weighted by Crippen LogP contribution is -2.42. The number of nitrogens with one attached hydrogen (secondary N) is 2. The highest BCUT2D eigenvalue weighted by Crippen LogP contribution is 2.33. The van der Waals surface area contributed by atoms with Crippen molar-refractivity contribution in [3.63, 3.8) is 0 Å². The first kappa shape index (κ1) is 19.5. The molecule has 156 valence electrons. The lowest BCUT2D eigenvalue weighted by atomic mass is 10.1. The van der Waals surface area contributed by atoms with E-state index in [1.54, 1.807) is 18.2 Å². The summed E-state index contributed by atoms with van der Waals surface area (Å²) in [5.41, 5.74) is 0.753. The maximum Gasteiger partial charge on any atom is 0.325 e. The van der Waals surface area contributed by atoms with Gasteiger partial charge in [-0.3, -0.25) is 19.4 Å². The molecule has 0 radical (unpaired) electrons. The molecule has 0 saturated carbocycles. The Balaban J connectivity index is 1.30. The van der Waals surface area contributed by atoms with Gasteiger partial charge in [0, 0.05) is 12.6 Å². The summed E-state index contributed by atoms with van der Waals surface area (Å²) < 4.78 is 10.6. The molecule has 4 rings (SSSR count). The number of urea groups is 1. The number of ether oxygens (including phenoxy) is 2. The van der Waals surface area contributed by atoms with E-state index in [0.717, 1.165) is 36.4 Å². The molecule has 9 nitrogen and oxygen atoms in total. The Morgan fingerprint density at radius 1 is 1.28 bits per heavy atom. The van der Waals surface area contributed by atoms with Gasteiger partial charge >= 0.3 is 6.03 Å². The Labute approximate surface area is 169 Å². The molecule has 4 amide bonds. The van der Waals surface area contributed by atoms with Crippen molar-refractivity contribution in [3.8, 4) is 11.5 Å².